The molecule has 0 aromatic carbocycles. The van der Waals surface area contributed by atoms with E-state index < -0.39 is 5.97 Å². The summed E-state index contributed by atoms with van der Waals surface area (Å²) in [6.07, 6.45) is 3.05. The summed E-state index contributed by atoms with van der Waals surface area (Å²) in [5.41, 5.74) is 1.93. The van der Waals surface area contributed by atoms with Gasteiger partial charge in [-0.1, -0.05) is 0 Å². The molecular formula is C14H14N2O3S. The summed E-state index contributed by atoms with van der Waals surface area (Å²) < 4.78 is 1.42. The Balaban J connectivity index is 2.25. The predicted octanol–water partition coefficient (Wildman–Crippen LogP) is 2.10. The number of thiazole rings is 1. The molecule has 0 radical (unpaired) electrons. The van der Waals surface area contributed by atoms with Crippen LogP contribution in [0.1, 0.15) is 38.6 Å². The highest BCUT2D eigenvalue weighted by Gasteiger charge is 2.22. The Bertz CT molecular complexity index is 752. The largest absolute Gasteiger partial charge is 0.478 e. The molecule has 0 fully saturated rings. The lowest BCUT2D eigenvalue weighted by Gasteiger charge is -2.11. The molecule has 0 amide bonds. The number of hydrogen-bond donors (Lipinski definition) is 1. The van der Waals surface area contributed by atoms with E-state index in [0.717, 1.165) is 25.0 Å². The fourth-order valence-corrected chi connectivity index (χ4v) is 3.92. The quantitative estimate of drug-likeness (QED) is 0.919. The Morgan fingerprint density at radius 3 is 2.80 bits per heavy atom. The van der Waals surface area contributed by atoms with Crippen molar-refractivity contribution >= 4 is 17.3 Å². The maximum Gasteiger partial charge on any atom is 0.337 e. The number of carboxylic acids is 1. The van der Waals surface area contributed by atoms with Crippen LogP contribution in [0.4, 0.5) is 0 Å². The smallest absolute Gasteiger partial charge is 0.337 e. The lowest BCUT2D eigenvalue weighted by Crippen LogP contribution is -2.24. The Morgan fingerprint density at radius 2 is 2.15 bits per heavy atom. The van der Waals surface area contributed by atoms with Crippen molar-refractivity contribution in [3.8, 4) is 5.13 Å². The van der Waals surface area contributed by atoms with Gasteiger partial charge in [0.1, 0.15) is 0 Å². The molecule has 0 unspecified atom stereocenters. The summed E-state index contributed by atoms with van der Waals surface area (Å²) in [4.78, 5) is 29.3. The molecule has 6 heteroatoms. The topological polar surface area (TPSA) is 72.2 Å². The maximum absolute atomic E-state index is 12.2. The molecule has 104 valence electrons. The molecule has 1 aliphatic rings. The van der Waals surface area contributed by atoms with Crippen LogP contribution in [0.25, 0.3) is 5.13 Å². The van der Waals surface area contributed by atoms with Crippen LogP contribution in [0, 0.1) is 13.8 Å². The monoisotopic (exact) mass is 290 g/mol. The molecule has 2 heterocycles. The summed E-state index contributed by atoms with van der Waals surface area (Å²) in [5, 5.41) is 9.88. The van der Waals surface area contributed by atoms with Crippen LogP contribution in [0.15, 0.2) is 10.9 Å². The minimum atomic E-state index is -1.02. The van der Waals surface area contributed by atoms with Crippen LogP contribution in [-0.2, 0) is 12.8 Å². The number of aromatic carboxylic acids is 1. The average Bonchev–Trinajstić information content (AvgIpc) is 2.87. The second kappa shape index (κ2) is 4.56. The van der Waals surface area contributed by atoms with Gasteiger partial charge in [0, 0.05) is 16.6 Å². The Kier molecular flexibility index (Phi) is 2.97. The number of hydrogen-bond acceptors (Lipinski definition) is 4. The number of aromatic nitrogens is 2. The van der Waals surface area contributed by atoms with Gasteiger partial charge in [0.25, 0.3) is 5.56 Å². The molecule has 0 saturated carbocycles. The van der Waals surface area contributed by atoms with Crippen molar-refractivity contribution in [3.63, 3.8) is 0 Å². The number of nitrogens with zero attached hydrogens (tertiary/aromatic N) is 2. The predicted molar refractivity (Wildman–Crippen MR) is 76.2 cm³/mol. The van der Waals surface area contributed by atoms with Crippen molar-refractivity contribution in [1.82, 2.24) is 9.55 Å². The summed E-state index contributed by atoms with van der Waals surface area (Å²) in [7, 11) is 0. The zero-order chi connectivity index (χ0) is 14.4. The van der Waals surface area contributed by atoms with Gasteiger partial charge in [-0.15, -0.1) is 11.3 Å². The van der Waals surface area contributed by atoms with Crippen molar-refractivity contribution in [2.45, 2.75) is 33.1 Å². The van der Waals surface area contributed by atoms with Crippen LogP contribution in [0.5, 0.6) is 0 Å². The van der Waals surface area contributed by atoms with E-state index in [1.54, 1.807) is 13.8 Å². The van der Waals surface area contributed by atoms with Gasteiger partial charge in [0.15, 0.2) is 5.13 Å². The third-order valence-electron chi connectivity index (χ3n) is 3.64. The van der Waals surface area contributed by atoms with Crippen LogP contribution >= 0.6 is 11.3 Å². The van der Waals surface area contributed by atoms with Crippen molar-refractivity contribution < 1.29 is 9.90 Å². The van der Waals surface area contributed by atoms with E-state index in [-0.39, 0.29) is 11.1 Å². The standard InChI is InChI=1S/C14H14N2O3S/c1-7-6-11(17)16(8(2)12(7)13(18)19)14-15-9-4-3-5-10(9)20-14/h6H,3-5H2,1-2H3,(H,18,19). The van der Waals surface area contributed by atoms with Gasteiger partial charge < -0.3 is 5.11 Å². The SMILES string of the molecule is Cc1cc(=O)n(-c2nc3c(s2)CCC3)c(C)c1C(=O)O. The van der Waals surface area contributed by atoms with Crippen LogP contribution in [0.3, 0.4) is 0 Å². The minimum absolute atomic E-state index is 0.181. The second-order valence-corrected chi connectivity index (χ2v) is 6.05. The van der Waals surface area contributed by atoms with E-state index in [0.29, 0.717) is 16.4 Å². The molecule has 2 aromatic heterocycles. The molecule has 1 N–H and O–H groups in total. The first-order valence-electron chi connectivity index (χ1n) is 6.44. The lowest BCUT2D eigenvalue weighted by atomic mass is 10.1. The molecule has 0 saturated heterocycles. The number of fused-ring (bicyclic) bond motifs is 1. The van der Waals surface area contributed by atoms with E-state index in [9.17, 15) is 14.7 Å². The van der Waals surface area contributed by atoms with E-state index in [4.69, 9.17) is 0 Å². The Morgan fingerprint density at radius 1 is 1.40 bits per heavy atom. The highest BCUT2D eigenvalue weighted by Crippen LogP contribution is 2.30. The zero-order valence-electron chi connectivity index (χ0n) is 11.3. The number of rotatable bonds is 2. The van der Waals surface area contributed by atoms with Crippen molar-refractivity contribution in [2.75, 3.05) is 0 Å². The van der Waals surface area contributed by atoms with E-state index in [1.807, 2.05) is 0 Å². The Labute approximate surface area is 119 Å². The summed E-state index contributed by atoms with van der Waals surface area (Å²) in [6.45, 7) is 3.30. The molecule has 20 heavy (non-hydrogen) atoms. The molecule has 0 aliphatic heterocycles. The summed E-state index contributed by atoms with van der Waals surface area (Å²) >= 11 is 1.49. The van der Waals surface area contributed by atoms with Gasteiger partial charge in [0.05, 0.1) is 11.3 Å². The second-order valence-electron chi connectivity index (χ2n) is 4.99. The minimum Gasteiger partial charge on any atom is -0.478 e. The molecule has 1 aliphatic carbocycles. The van der Waals surface area contributed by atoms with Gasteiger partial charge in [-0.3, -0.25) is 9.36 Å². The van der Waals surface area contributed by atoms with Gasteiger partial charge in [-0.2, -0.15) is 0 Å². The van der Waals surface area contributed by atoms with E-state index in [1.165, 1.54) is 26.8 Å². The fraction of sp³-hybridized carbons (Fsp3) is 0.357. The van der Waals surface area contributed by atoms with Crippen molar-refractivity contribution in [3.05, 3.63) is 43.8 Å². The zero-order valence-corrected chi connectivity index (χ0v) is 12.1. The summed E-state index contributed by atoms with van der Waals surface area (Å²) in [6, 6.07) is 1.36. The molecular weight excluding hydrogens is 276 g/mol. The third-order valence-corrected chi connectivity index (χ3v) is 4.78. The van der Waals surface area contributed by atoms with Crippen LogP contribution in [-0.4, -0.2) is 20.6 Å². The molecule has 2 aromatic rings. The number of pyridine rings is 1. The number of carboxylic acid groups (broad SMARTS) is 1. The first kappa shape index (κ1) is 13.1. The van der Waals surface area contributed by atoms with Gasteiger partial charge >= 0.3 is 5.97 Å². The Hall–Kier alpha value is -1.95. The van der Waals surface area contributed by atoms with Crippen LogP contribution in [0.2, 0.25) is 0 Å². The summed E-state index contributed by atoms with van der Waals surface area (Å²) in [5.74, 6) is -1.02. The van der Waals surface area contributed by atoms with Gasteiger partial charge in [-0.05, 0) is 38.7 Å². The number of aryl methyl sites for hydroxylation is 3. The van der Waals surface area contributed by atoms with Gasteiger partial charge in [-0.25, -0.2) is 9.78 Å². The normalized spacial score (nSPS) is 13.5. The van der Waals surface area contributed by atoms with Crippen molar-refractivity contribution in [2.24, 2.45) is 0 Å². The van der Waals surface area contributed by atoms with Crippen LogP contribution < -0.4 is 5.56 Å². The molecule has 3 rings (SSSR count). The first-order valence-corrected chi connectivity index (χ1v) is 7.26. The van der Waals surface area contributed by atoms with Crippen molar-refractivity contribution in [1.29, 1.82) is 0 Å². The molecule has 0 atom stereocenters. The maximum atomic E-state index is 12.2. The van der Waals surface area contributed by atoms with Gasteiger partial charge in [0.2, 0.25) is 0 Å². The molecule has 0 bridgehead atoms. The lowest BCUT2D eigenvalue weighted by molar-refractivity contribution is 0.0694. The first-order chi connectivity index (χ1) is 9.49. The fourth-order valence-electron chi connectivity index (χ4n) is 2.72. The van der Waals surface area contributed by atoms with E-state index in [2.05, 4.69) is 4.98 Å². The highest BCUT2D eigenvalue weighted by atomic mass is 32.1. The third kappa shape index (κ3) is 1.87. The highest BCUT2D eigenvalue weighted by molar-refractivity contribution is 7.14. The average molecular weight is 290 g/mol. The van der Waals surface area contributed by atoms with E-state index >= 15 is 0 Å². The molecule has 5 nitrogen and oxygen atoms in total. The number of carbonyl (C=O) groups is 1. The molecule has 0 spiro atoms.